The lowest BCUT2D eigenvalue weighted by molar-refractivity contribution is 0.0490. The fraction of sp³-hybridized carbons (Fsp3) is 0.667. The summed E-state index contributed by atoms with van der Waals surface area (Å²) in [6, 6.07) is 7.85. The van der Waals surface area contributed by atoms with Crippen LogP contribution in [0.25, 0.3) is 0 Å². The topological polar surface area (TPSA) is 34.2 Å². The number of para-hydroxylation sites is 2. The average molecular weight is 322 g/mol. The molecule has 1 aromatic carbocycles. The van der Waals surface area contributed by atoms with Crippen molar-refractivity contribution in [1.82, 2.24) is 9.80 Å². The zero-order valence-electron chi connectivity index (χ0n) is 14.7. The van der Waals surface area contributed by atoms with Gasteiger partial charge in [0.05, 0.1) is 19.3 Å². The van der Waals surface area contributed by atoms with Gasteiger partial charge in [0.1, 0.15) is 6.61 Å². The molecule has 5 nitrogen and oxygen atoms in total. The molecule has 1 saturated heterocycles. The van der Waals surface area contributed by atoms with Gasteiger partial charge in [-0.05, 0) is 39.6 Å². The smallest absolute Gasteiger partial charge is 0.161 e. The second kappa shape index (κ2) is 9.75. The minimum atomic E-state index is 0.366. The first kappa shape index (κ1) is 18.0. The Morgan fingerprint density at radius 3 is 2.57 bits per heavy atom. The third kappa shape index (κ3) is 6.37. The Morgan fingerprint density at radius 2 is 1.87 bits per heavy atom. The van der Waals surface area contributed by atoms with E-state index >= 15 is 0 Å². The van der Waals surface area contributed by atoms with Gasteiger partial charge in [-0.1, -0.05) is 12.1 Å². The Balaban J connectivity index is 1.65. The van der Waals surface area contributed by atoms with Crippen LogP contribution in [-0.4, -0.2) is 76.0 Å². The molecule has 0 bridgehead atoms. The minimum absolute atomic E-state index is 0.366. The number of rotatable bonds is 10. The molecule has 23 heavy (non-hydrogen) atoms. The molecule has 0 aliphatic carbocycles. The summed E-state index contributed by atoms with van der Waals surface area (Å²) in [6.45, 7) is 8.11. The molecule has 1 heterocycles. The molecule has 0 amide bonds. The van der Waals surface area contributed by atoms with Gasteiger partial charge in [0.2, 0.25) is 0 Å². The van der Waals surface area contributed by atoms with Crippen molar-refractivity contribution in [2.75, 3.05) is 60.1 Å². The summed E-state index contributed by atoms with van der Waals surface area (Å²) in [5, 5.41) is 0. The van der Waals surface area contributed by atoms with Crippen LogP contribution < -0.4 is 9.47 Å². The maximum absolute atomic E-state index is 5.92. The van der Waals surface area contributed by atoms with Crippen LogP contribution in [0.2, 0.25) is 0 Å². The predicted molar refractivity (Wildman–Crippen MR) is 92.5 cm³/mol. The quantitative estimate of drug-likeness (QED) is 0.659. The number of hydrogen-bond acceptors (Lipinski definition) is 5. The van der Waals surface area contributed by atoms with E-state index in [1.807, 2.05) is 31.2 Å². The van der Waals surface area contributed by atoms with Crippen LogP contribution in [0.3, 0.4) is 0 Å². The molecule has 1 fully saturated rings. The first-order chi connectivity index (χ1) is 11.2. The number of nitrogens with zero attached hydrogens (tertiary/aromatic N) is 2. The second-order valence-electron chi connectivity index (χ2n) is 6.11. The minimum Gasteiger partial charge on any atom is -0.490 e. The SMILES string of the molecule is CCOc1ccccc1OCCN1CCC(OCCN(C)C)C1. The molecule has 130 valence electrons. The van der Waals surface area contributed by atoms with Gasteiger partial charge in [-0.2, -0.15) is 0 Å². The van der Waals surface area contributed by atoms with Crippen LogP contribution in [0.5, 0.6) is 11.5 Å². The van der Waals surface area contributed by atoms with E-state index in [0.717, 1.165) is 50.7 Å². The lowest BCUT2D eigenvalue weighted by Crippen LogP contribution is -2.29. The summed E-state index contributed by atoms with van der Waals surface area (Å²) < 4.78 is 17.4. The van der Waals surface area contributed by atoms with Crippen LogP contribution in [-0.2, 0) is 4.74 Å². The lowest BCUT2D eigenvalue weighted by atomic mass is 10.3. The lowest BCUT2D eigenvalue weighted by Gasteiger charge is -2.18. The Bertz CT molecular complexity index is 454. The molecular formula is C18H30N2O3. The zero-order chi connectivity index (χ0) is 16.5. The van der Waals surface area contributed by atoms with Crippen molar-refractivity contribution >= 4 is 0 Å². The number of hydrogen-bond donors (Lipinski definition) is 0. The molecule has 1 aliphatic rings. The molecule has 0 aromatic heterocycles. The molecule has 0 spiro atoms. The average Bonchev–Trinajstić information content (AvgIpc) is 2.97. The molecular weight excluding hydrogens is 292 g/mol. The van der Waals surface area contributed by atoms with Gasteiger partial charge in [0, 0.05) is 26.2 Å². The molecule has 0 N–H and O–H groups in total. The Kier molecular flexibility index (Phi) is 7.65. The zero-order valence-corrected chi connectivity index (χ0v) is 14.7. The van der Waals surface area contributed by atoms with Crippen LogP contribution in [0.1, 0.15) is 13.3 Å². The third-order valence-corrected chi connectivity index (χ3v) is 3.94. The van der Waals surface area contributed by atoms with Gasteiger partial charge in [0.15, 0.2) is 11.5 Å². The van der Waals surface area contributed by atoms with Crippen molar-refractivity contribution in [3.8, 4) is 11.5 Å². The summed E-state index contributed by atoms with van der Waals surface area (Å²) in [5.41, 5.74) is 0. The van der Waals surface area contributed by atoms with Gasteiger partial charge in [0.25, 0.3) is 0 Å². The fourth-order valence-corrected chi connectivity index (χ4v) is 2.67. The summed E-state index contributed by atoms with van der Waals surface area (Å²) in [6.07, 6.45) is 1.48. The Morgan fingerprint density at radius 1 is 1.13 bits per heavy atom. The monoisotopic (exact) mass is 322 g/mol. The molecule has 1 aliphatic heterocycles. The number of likely N-dealkylation sites (N-methyl/N-ethyl adjacent to an activating group) is 1. The predicted octanol–water partition coefficient (Wildman–Crippen LogP) is 2.12. The van der Waals surface area contributed by atoms with E-state index in [0.29, 0.717) is 19.3 Å². The third-order valence-electron chi connectivity index (χ3n) is 3.94. The molecule has 1 unspecified atom stereocenters. The van der Waals surface area contributed by atoms with E-state index < -0.39 is 0 Å². The molecule has 2 rings (SSSR count). The summed E-state index contributed by atoms with van der Waals surface area (Å²) in [5.74, 6) is 1.65. The van der Waals surface area contributed by atoms with Crippen LogP contribution >= 0.6 is 0 Å². The standard InChI is InChI=1S/C18H30N2O3/c1-4-21-17-7-5-6-8-18(17)23-14-12-20-10-9-16(15-20)22-13-11-19(2)3/h5-8,16H,4,9-15H2,1-3H3. The first-order valence-electron chi connectivity index (χ1n) is 8.52. The van der Waals surface area contributed by atoms with Crippen molar-refractivity contribution in [3.63, 3.8) is 0 Å². The van der Waals surface area contributed by atoms with Crippen LogP contribution in [0.15, 0.2) is 24.3 Å². The van der Waals surface area contributed by atoms with E-state index in [1.165, 1.54) is 0 Å². The molecule has 1 atom stereocenters. The van der Waals surface area contributed by atoms with Gasteiger partial charge < -0.3 is 19.1 Å². The van der Waals surface area contributed by atoms with Gasteiger partial charge in [-0.25, -0.2) is 0 Å². The summed E-state index contributed by atoms with van der Waals surface area (Å²) in [7, 11) is 4.14. The molecule has 0 saturated carbocycles. The van der Waals surface area contributed by atoms with E-state index in [4.69, 9.17) is 14.2 Å². The largest absolute Gasteiger partial charge is 0.490 e. The number of likely N-dealkylation sites (tertiary alicyclic amines) is 1. The maximum Gasteiger partial charge on any atom is 0.161 e. The van der Waals surface area contributed by atoms with E-state index in [2.05, 4.69) is 23.9 Å². The fourth-order valence-electron chi connectivity index (χ4n) is 2.67. The molecule has 0 radical (unpaired) electrons. The maximum atomic E-state index is 5.92. The van der Waals surface area contributed by atoms with Crippen molar-refractivity contribution < 1.29 is 14.2 Å². The van der Waals surface area contributed by atoms with Crippen LogP contribution in [0.4, 0.5) is 0 Å². The van der Waals surface area contributed by atoms with Gasteiger partial charge in [-0.15, -0.1) is 0 Å². The highest BCUT2D eigenvalue weighted by Crippen LogP contribution is 2.26. The highest BCUT2D eigenvalue weighted by molar-refractivity contribution is 5.39. The Hall–Kier alpha value is -1.30. The molecule has 5 heteroatoms. The molecule has 1 aromatic rings. The Labute approximate surface area is 140 Å². The van der Waals surface area contributed by atoms with Crippen LogP contribution in [0, 0.1) is 0 Å². The summed E-state index contributed by atoms with van der Waals surface area (Å²) in [4.78, 5) is 4.56. The van der Waals surface area contributed by atoms with E-state index in [-0.39, 0.29) is 0 Å². The van der Waals surface area contributed by atoms with E-state index in [9.17, 15) is 0 Å². The van der Waals surface area contributed by atoms with E-state index in [1.54, 1.807) is 0 Å². The summed E-state index contributed by atoms with van der Waals surface area (Å²) >= 11 is 0. The highest BCUT2D eigenvalue weighted by atomic mass is 16.5. The van der Waals surface area contributed by atoms with Gasteiger partial charge >= 0.3 is 0 Å². The van der Waals surface area contributed by atoms with Crippen molar-refractivity contribution in [2.45, 2.75) is 19.4 Å². The second-order valence-corrected chi connectivity index (χ2v) is 6.11. The van der Waals surface area contributed by atoms with Crippen molar-refractivity contribution in [1.29, 1.82) is 0 Å². The highest BCUT2D eigenvalue weighted by Gasteiger charge is 2.22. The number of ether oxygens (including phenoxy) is 3. The van der Waals surface area contributed by atoms with Crippen molar-refractivity contribution in [2.24, 2.45) is 0 Å². The van der Waals surface area contributed by atoms with Crippen molar-refractivity contribution in [3.05, 3.63) is 24.3 Å². The van der Waals surface area contributed by atoms with Gasteiger partial charge in [-0.3, -0.25) is 4.90 Å². The number of benzene rings is 1. The normalized spacial score (nSPS) is 18.5. The first-order valence-corrected chi connectivity index (χ1v) is 8.52.